The number of nitrogens with two attached hydrogens (primary N) is 1. The van der Waals surface area contributed by atoms with Crippen LogP contribution in [0.1, 0.15) is 23.6 Å². The van der Waals surface area contributed by atoms with E-state index in [0.717, 1.165) is 12.3 Å². The first-order valence-corrected chi connectivity index (χ1v) is 6.06. The Morgan fingerprint density at radius 2 is 2.07 bits per heavy atom. The zero-order valence-corrected chi connectivity index (χ0v) is 10.0. The van der Waals surface area contributed by atoms with Crippen LogP contribution in [0.2, 0.25) is 0 Å². The molecule has 1 rings (SSSR count). The average Bonchev–Trinajstić information content (AvgIpc) is 2.19. The second-order valence-electron chi connectivity index (χ2n) is 3.79. The monoisotopic (exact) mass is 209 g/mol. The van der Waals surface area contributed by atoms with E-state index >= 15 is 0 Å². The smallest absolute Gasteiger partial charge is 0.0190 e. The van der Waals surface area contributed by atoms with Gasteiger partial charge in [0, 0.05) is 17.5 Å². The largest absolute Gasteiger partial charge is 0.329 e. The predicted octanol–water partition coefficient (Wildman–Crippen LogP) is 2.88. The average molecular weight is 209 g/mol. The zero-order chi connectivity index (χ0) is 10.6. The minimum Gasteiger partial charge on any atom is -0.329 e. The van der Waals surface area contributed by atoms with Crippen molar-refractivity contribution >= 4 is 11.8 Å². The zero-order valence-electron chi connectivity index (χ0n) is 9.21. The molecule has 1 aromatic rings. The first-order chi connectivity index (χ1) is 6.63. The molecule has 2 heteroatoms. The summed E-state index contributed by atoms with van der Waals surface area (Å²) >= 11 is 1.93. The Balaban J connectivity index is 2.62. The highest BCUT2D eigenvalue weighted by molar-refractivity contribution is 7.99. The molecule has 1 aromatic carbocycles. The number of benzene rings is 1. The van der Waals surface area contributed by atoms with Gasteiger partial charge in [-0.05, 0) is 25.0 Å². The topological polar surface area (TPSA) is 26.0 Å². The van der Waals surface area contributed by atoms with E-state index in [2.05, 4.69) is 39.0 Å². The predicted molar refractivity (Wildman–Crippen MR) is 65.7 cm³/mol. The summed E-state index contributed by atoms with van der Waals surface area (Å²) in [6.45, 7) is 7.24. The molecule has 0 radical (unpaired) electrons. The lowest BCUT2D eigenvalue weighted by atomic mass is 10.1. The molecule has 1 nitrogen and oxygen atoms in total. The Morgan fingerprint density at radius 1 is 1.36 bits per heavy atom. The van der Waals surface area contributed by atoms with Crippen LogP contribution < -0.4 is 5.73 Å². The maximum Gasteiger partial charge on any atom is 0.0190 e. The molecular formula is C12H19NS. The van der Waals surface area contributed by atoms with Gasteiger partial charge < -0.3 is 5.73 Å². The van der Waals surface area contributed by atoms with Gasteiger partial charge in [-0.1, -0.05) is 30.7 Å². The molecule has 0 aromatic heterocycles. The molecule has 0 aliphatic carbocycles. The highest BCUT2D eigenvalue weighted by Crippen LogP contribution is 2.20. The fourth-order valence-electron chi connectivity index (χ4n) is 1.26. The summed E-state index contributed by atoms with van der Waals surface area (Å²) in [5.41, 5.74) is 9.74. The lowest BCUT2D eigenvalue weighted by Crippen LogP contribution is -2.12. The normalized spacial score (nSPS) is 12.9. The minimum atomic E-state index is 0.551. The molecule has 2 N–H and O–H groups in total. The summed E-state index contributed by atoms with van der Waals surface area (Å²) in [6, 6.07) is 6.62. The van der Waals surface area contributed by atoms with Crippen LogP contribution in [0, 0.1) is 13.8 Å². The standard InChI is InChI=1S/C12H19NS/c1-9-4-5-10(2)12(6-9)8-14-11(3)7-13/h4-6,11H,7-8,13H2,1-3H3. The lowest BCUT2D eigenvalue weighted by Gasteiger charge is -2.10. The third-order valence-corrected chi connectivity index (χ3v) is 3.60. The Hall–Kier alpha value is -0.470. The second-order valence-corrected chi connectivity index (χ2v) is 5.21. The summed E-state index contributed by atoms with van der Waals surface area (Å²) in [4.78, 5) is 0. The molecule has 0 saturated carbocycles. The molecule has 78 valence electrons. The molecule has 0 amide bonds. The summed E-state index contributed by atoms with van der Waals surface area (Å²) in [6.07, 6.45) is 0. The molecule has 0 heterocycles. The van der Waals surface area contributed by atoms with Gasteiger partial charge in [-0.25, -0.2) is 0 Å². The van der Waals surface area contributed by atoms with E-state index in [4.69, 9.17) is 5.73 Å². The van der Waals surface area contributed by atoms with Gasteiger partial charge in [-0.15, -0.1) is 0 Å². The van der Waals surface area contributed by atoms with Crippen LogP contribution in [-0.4, -0.2) is 11.8 Å². The molecule has 0 spiro atoms. The quantitative estimate of drug-likeness (QED) is 0.825. The van der Waals surface area contributed by atoms with Gasteiger partial charge in [0.2, 0.25) is 0 Å². The number of rotatable bonds is 4. The van der Waals surface area contributed by atoms with Crippen molar-refractivity contribution in [3.05, 3.63) is 34.9 Å². The van der Waals surface area contributed by atoms with Gasteiger partial charge in [0.15, 0.2) is 0 Å². The van der Waals surface area contributed by atoms with E-state index in [9.17, 15) is 0 Å². The highest BCUT2D eigenvalue weighted by atomic mass is 32.2. The second kappa shape index (κ2) is 5.42. The maximum absolute atomic E-state index is 5.58. The maximum atomic E-state index is 5.58. The SMILES string of the molecule is Cc1ccc(C)c(CSC(C)CN)c1. The summed E-state index contributed by atoms with van der Waals surface area (Å²) in [5, 5.41) is 0.551. The summed E-state index contributed by atoms with van der Waals surface area (Å²) < 4.78 is 0. The Labute approximate surface area is 91.1 Å². The molecule has 1 atom stereocenters. The molecule has 0 aliphatic rings. The van der Waals surface area contributed by atoms with Crippen LogP contribution in [0.5, 0.6) is 0 Å². The molecular weight excluding hydrogens is 190 g/mol. The van der Waals surface area contributed by atoms with E-state index in [1.54, 1.807) is 0 Å². The molecule has 0 saturated heterocycles. The van der Waals surface area contributed by atoms with E-state index < -0.39 is 0 Å². The molecule has 0 bridgehead atoms. The van der Waals surface area contributed by atoms with Crippen LogP contribution >= 0.6 is 11.8 Å². The van der Waals surface area contributed by atoms with Gasteiger partial charge >= 0.3 is 0 Å². The van der Waals surface area contributed by atoms with Crippen molar-refractivity contribution in [1.82, 2.24) is 0 Å². The fraction of sp³-hybridized carbons (Fsp3) is 0.500. The lowest BCUT2D eigenvalue weighted by molar-refractivity contribution is 0.950. The van der Waals surface area contributed by atoms with Gasteiger partial charge in [0.25, 0.3) is 0 Å². The van der Waals surface area contributed by atoms with Crippen LogP contribution in [0.25, 0.3) is 0 Å². The van der Waals surface area contributed by atoms with Crippen molar-refractivity contribution in [3.8, 4) is 0 Å². The fourth-order valence-corrected chi connectivity index (χ4v) is 2.17. The minimum absolute atomic E-state index is 0.551. The first-order valence-electron chi connectivity index (χ1n) is 5.01. The summed E-state index contributed by atoms with van der Waals surface area (Å²) in [7, 11) is 0. The molecule has 0 fully saturated rings. The number of aryl methyl sites for hydroxylation is 2. The molecule has 14 heavy (non-hydrogen) atoms. The highest BCUT2D eigenvalue weighted by Gasteiger charge is 2.02. The van der Waals surface area contributed by atoms with Crippen molar-refractivity contribution in [2.45, 2.75) is 31.8 Å². The van der Waals surface area contributed by atoms with E-state index in [1.807, 2.05) is 11.8 Å². The molecule has 1 unspecified atom stereocenters. The third kappa shape index (κ3) is 3.35. The summed E-state index contributed by atoms with van der Waals surface area (Å²) in [5.74, 6) is 1.08. The van der Waals surface area contributed by atoms with Gasteiger partial charge in [0.1, 0.15) is 0 Å². The number of thioether (sulfide) groups is 1. The first kappa shape index (κ1) is 11.6. The van der Waals surface area contributed by atoms with Crippen molar-refractivity contribution in [1.29, 1.82) is 0 Å². The van der Waals surface area contributed by atoms with Crippen LogP contribution in [0.15, 0.2) is 18.2 Å². The van der Waals surface area contributed by atoms with E-state index in [0.29, 0.717) is 5.25 Å². The number of hydrogen-bond donors (Lipinski definition) is 1. The van der Waals surface area contributed by atoms with Gasteiger partial charge in [-0.2, -0.15) is 11.8 Å². The van der Waals surface area contributed by atoms with Gasteiger partial charge in [-0.3, -0.25) is 0 Å². The number of hydrogen-bond acceptors (Lipinski definition) is 2. The van der Waals surface area contributed by atoms with Crippen LogP contribution in [0.4, 0.5) is 0 Å². The molecule has 0 aliphatic heterocycles. The van der Waals surface area contributed by atoms with Gasteiger partial charge in [0.05, 0.1) is 0 Å². The van der Waals surface area contributed by atoms with Crippen molar-refractivity contribution in [2.75, 3.05) is 6.54 Å². The third-order valence-electron chi connectivity index (χ3n) is 2.36. The van der Waals surface area contributed by atoms with Crippen molar-refractivity contribution in [3.63, 3.8) is 0 Å². The Kier molecular flexibility index (Phi) is 4.49. The van der Waals surface area contributed by atoms with Crippen LogP contribution in [0.3, 0.4) is 0 Å². The van der Waals surface area contributed by atoms with E-state index in [1.165, 1.54) is 16.7 Å². The Bertz CT molecular complexity index is 296. The van der Waals surface area contributed by atoms with E-state index in [-0.39, 0.29) is 0 Å². The Morgan fingerprint density at radius 3 is 2.71 bits per heavy atom. The van der Waals surface area contributed by atoms with Crippen LogP contribution in [-0.2, 0) is 5.75 Å². The van der Waals surface area contributed by atoms with Crippen molar-refractivity contribution in [2.24, 2.45) is 5.73 Å². The van der Waals surface area contributed by atoms with Crippen molar-refractivity contribution < 1.29 is 0 Å².